The van der Waals surface area contributed by atoms with E-state index >= 15 is 0 Å². The number of nitrogens with zero attached hydrogens (tertiary/aromatic N) is 2. The summed E-state index contributed by atoms with van der Waals surface area (Å²) in [6.07, 6.45) is 4.48. The molecule has 0 fully saturated rings. The first-order valence-corrected chi connectivity index (χ1v) is 6.39. The van der Waals surface area contributed by atoms with Crippen molar-refractivity contribution in [3.63, 3.8) is 0 Å². The molecule has 4 nitrogen and oxygen atoms in total. The van der Waals surface area contributed by atoms with Gasteiger partial charge >= 0.3 is 0 Å². The van der Waals surface area contributed by atoms with Crippen LogP contribution in [0.5, 0.6) is 0 Å². The van der Waals surface area contributed by atoms with Crippen LogP contribution in [0, 0.1) is 5.92 Å². The lowest BCUT2D eigenvalue weighted by atomic mass is 10.0. The van der Waals surface area contributed by atoms with Crippen LogP contribution in [0.1, 0.15) is 45.3 Å². The van der Waals surface area contributed by atoms with E-state index in [0.717, 1.165) is 18.5 Å². The zero-order valence-corrected chi connectivity index (χ0v) is 11.0. The van der Waals surface area contributed by atoms with Gasteiger partial charge in [0.15, 0.2) is 0 Å². The second-order valence-electron chi connectivity index (χ2n) is 4.54. The molecule has 0 bridgehead atoms. The van der Waals surface area contributed by atoms with Crippen molar-refractivity contribution in [1.29, 1.82) is 0 Å². The zero-order chi connectivity index (χ0) is 12.8. The van der Waals surface area contributed by atoms with E-state index in [9.17, 15) is 4.79 Å². The first-order valence-electron chi connectivity index (χ1n) is 6.39. The predicted octanol–water partition coefficient (Wildman–Crippen LogP) is 1.95. The van der Waals surface area contributed by atoms with E-state index in [1.807, 2.05) is 23.9 Å². The number of aromatic nitrogens is 2. The minimum absolute atomic E-state index is 0.0757. The summed E-state index contributed by atoms with van der Waals surface area (Å²) in [5.41, 5.74) is 6.33. The molecule has 0 radical (unpaired) electrons. The number of rotatable bonds is 7. The van der Waals surface area contributed by atoms with Crippen LogP contribution < -0.4 is 5.73 Å². The van der Waals surface area contributed by atoms with E-state index < -0.39 is 0 Å². The van der Waals surface area contributed by atoms with Crippen molar-refractivity contribution in [2.75, 3.05) is 6.54 Å². The predicted molar refractivity (Wildman–Crippen MR) is 68.8 cm³/mol. The first-order chi connectivity index (χ1) is 8.12. The lowest BCUT2D eigenvalue weighted by Crippen LogP contribution is -2.22. The summed E-state index contributed by atoms with van der Waals surface area (Å²) < 4.78 is 1.97. The van der Waals surface area contributed by atoms with E-state index in [1.54, 1.807) is 0 Å². The van der Waals surface area contributed by atoms with E-state index in [0.29, 0.717) is 19.0 Å². The summed E-state index contributed by atoms with van der Waals surface area (Å²) in [5.74, 6) is 0.0931. The summed E-state index contributed by atoms with van der Waals surface area (Å²) in [7, 11) is 0. The van der Waals surface area contributed by atoms with Crippen molar-refractivity contribution >= 4 is 5.78 Å². The lowest BCUT2D eigenvalue weighted by Gasteiger charge is -2.12. The molecule has 0 saturated heterocycles. The van der Waals surface area contributed by atoms with Gasteiger partial charge in [-0.2, -0.15) is 5.10 Å². The van der Waals surface area contributed by atoms with Crippen LogP contribution in [0.3, 0.4) is 0 Å². The minimum atomic E-state index is -0.0757. The molecule has 96 valence electrons. The lowest BCUT2D eigenvalue weighted by molar-refractivity contribution is -0.121. The van der Waals surface area contributed by atoms with Gasteiger partial charge in [-0.15, -0.1) is 0 Å². The third kappa shape index (κ3) is 3.66. The van der Waals surface area contributed by atoms with Gasteiger partial charge < -0.3 is 5.73 Å². The van der Waals surface area contributed by atoms with Gasteiger partial charge in [0.25, 0.3) is 0 Å². The van der Waals surface area contributed by atoms with Crippen molar-refractivity contribution in [3.8, 4) is 0 Å². The molecule has 1 aromatic heterocycles. The topological polar surface area (TPSA) is 60.9 Å². The molecule has 0 aromatic carbocycles. The van der Waals surface area contributed by atoms with Crippen LogP contribution in [0.4, 0.5) is 0 Å². The number of carbonyl (C=O) groups is 1. The molecule has 1 unspecified atom stereocenters. The molecule has 0 spiro atoms. The fourth-order valence-electron chi connectivity index (χ4n) is 1.82. The molecule has 1 aromatic rings. The Labute approximate surface area is 103 Å². The number of ketones is 1. The molecule has 0 aliphatic rings. The van der Waals surface area contributed by atoms with Crippen LogP contribution in [-0.4, -0.2) is 22.1 Å². The maximum absolute atomic E-state index is 11.7. The highest BCUT2D eigenvalue weighted by Crippen LogP contribution is 2.15. The van der Waals surface area contributed by atoms with Crippen molar-refractivity contribution in [3.05, 3.63) is 18.0 Å². The molecular weight excluding hydrogens is 214 g/mol. The Morgan fingerprint density at radius 2 is 2.12 bits per heavy atom. The number of carbonyl (C=O) groups excluding carboxylic acids is 1. The third-order valence-electron chi connectivity index (χ3n) is 3.24. The molecule has 1 rings (SSSR count). The van der Waals surface area contributed by atoms with Crippen molar-refractivity contribution < 1.29 is 4.79 Å². The van der Waals surface area contributed by atoms with Gasteiger partial charge in [-0.25, -0.2) is 0 Å². The van der Waals surface area contributed by atoms with Gasteiger partial charge in [-0.1, -0.05) is 20.8 Å². The average Bonchev–Trinajstić information content (AvgIpc) is 2.78. The second kappa shape index (κ2) is 6.55. The fourth-order valence-corrected chi connectivity index (χ4v) is 1.82. The Kier molecular flexibility index (Phi) is 5.35. The van der Waals surface area contributed by atoms with Crippen LogP contribution in [0.15, 0.2) is 12.3 Å². The monoisotopic (exact) mass is 237 g/mol. The molecule has 0 aliphatic heterocycles. The van der Waals surface area contributed by atoms with E-state index in [-0.39, 0.29) is 11.7 Å². The van der Waals surface area contributed by atoms with Crippen LogP contribution in [0.25, 0.3) is 0 Å². The molecule has 0 aliphatic carbocycles. The van der Waals surface area contributed by atoms with Crippen LogP contribution in [-0.2, 0) is 11.2 Å². The quantitative estimate of drug-likeness (QED) is 0.788. The Morgan fingerprint density at radius 3 is 2.65 bits per heavy atom. The Morgan fingerprint density at radius 1 is 1.47 bits per heavy atom. The van der Waals surface area contributed by atoms with Crippen LogP contribution >= 0.6 is 0 Å². The largest absolute Gasteiger partial charge is 0.330 e. The number of Topliss-reactive ketones (excluding diaryl/α,β-unsaturated/α-hetero) is 1. The van der Waals surface area contributed by atoms with E-state index in [2.05, 4.69) is 18.9 Å². The molecule has 2 N–H and O–H groups in total. The maximum atomic E-state index is 11.7. The third-order valence-corrected chi connectivity index (χ3v) is 3.24. The fraction of sp³-hybridized carbons (Fsp3) is 0.692. The molecule has 17 heavy (non-hydrogen) atoms. The molecule has 0 saturated carbocycles. The molecule has 4 heteroatoms. The number of hydrogen-bond acceptors (Lipinski definition) is 3. The SMILES string of the molecule is CCC(CC)n1ccc(CC(=O)C(C)CN)n1. The standard InChI is InChI=1S/C13H23N3O/c1-4-12(5-2)16-7-6-11(15-16)8-13(17)10(3)9-14/h6-7,10,12H,4-5,8-9,14H2,1-3H3. The molecule has 1 heterocycles. The van der Waals surface area contributed by atoms with Gasteiger partial charge in [0.1, 0.15) is 5.78 Å². The summed E-state index contributed by atoms with van der Waals surface area (Å²) in [5, 5.41) is 4.46. The van der Waals surface area contributed by atoms with Gasteiger partial charge in [-0.05, 0) is 18.9 Å². The summed E-state index contributed by atoms with van der Waals surface area (Å²) >= 11 is 0. The smallest absolute Gasteiger partial charge is 0.142 e. The van der Waals surface area contributed by atoms with E-state index in [1.165, 1.54) is 0 Å². The van der Waals surface area contributed by atoms with Crippen molar-refractivity contribution in [1.82, 2.24) is 9.78 Å². The summed E-state index contributed by atoms with van der Waals surface area (Å²) in [4.78, 5) is 11.7. The van der Waals surface area contributed by atoms with Gasteiger partial charge in [0.05, 0.1) is 18.2 Å². The van der Waals surface area contributed by atoms with Gasteiger partial charge in [-0.3, -0.25) is 9.48 Å². The molecule has 1 atom stereocenters. The highest BCUT2D eigenvalue weighted by Gasteiger charge is 2.14. The highest BCUT2D eigenvalue weighted by molar-refractivity contribution is 5.82. The zero-order valence-electron chi connectivity index (χ0n) is 11.0. The van der Waals surface area contributed by atoms with Gasteiger partial charge in [0, 0.05) is 18.7 Å². The highest BCUT2D eigenvalue weighted by atomic mass is 16.1. The normalized spacial score (nSPS) is 13.0. The average molecular weight is 237 g/mol. The van der Waals surface area contributed by atoms with Gasteiger partial charge in [0.2, 0.25) is 0 Å². The number of hydrogen-bond donors (Lipinski definition) is 1. The Bertz CT molecular complexity index is 355. The van der Waals surface area contributed by atoms with E-state index in [4.69, 9.17) is 5.73 Å². The number of nitrogens with two attached hydrogens (primary N) is 1. The molecule has 0 amide bonds. The maximum Gasteiger partial charge on any atom is 0.142 e. The van der Waals surface area contributed by atoms with Crippen molar-refractivity contribution in [2.24, 2.45) is 11.7 Å². The second-order valence-corrected chi connectivity index (χ2v) is 4.54. The molecular formula is C13H23N3O. The Balaban J connectivity index is 2.65. The summed E-state index contributed by atoms with van der Waals surface area (Å²) in [6, 6.07) is 2.37. The van der Waals surface area contributed by atoms with Crippen molar-refractivity contribution in [2.45, 2.75) is 46.1 Å². The minimum Gasteiger partial charge on any atom is -0.330 e. The van der Waals surface area contributed by atoms with Crippen LogP contribution in [0.2, 0.25) is 0 Å². The summed E-state index contributed by atoms with van der Waals surface area (Å²) in [6.45, 7) is 6.57. The Hall–Kier alpha value is -1.16. The first kappa shape index (κ1) is 13.9.